The van der Waals surface area contributed by atoms with E-state index >= 15 is 0 Å². The molecule has 23 heavy (non-hydrogen) atoms. The molecule has 4 rings (SSSR count). The second-order valence-electron chi connectivity index (χ2n) is 7.91. The summed E-state index contributed by atoms with van der Waals surface area (Å²) in [6.07, 6.45) is 12.5. The highest BCUT2D eigenvalue weighted by atomic mass is 16.6. The van der Waals surface area contributed by atoms with Gasteiger partial charge in [-0.05, 0) is 74.5 Å². The summed E-state index contributed by atoms with van der Waals surface area (Å²) in [6.45, 7) is 3.03. The second-order valence-corrected chi connectivity index (χ2v) is 7.91. The van der Waals surface area contributed by atoms with Crippen LogP contribution in [-0.2, 0) is 4.74 Å². The van der Waals surface area contributed by atoms with Crippen LogP contribution in [-0.4, -0.2) is 18.3 Å². The van der Waals surface area contributed by atoms with E-state index in [9.17, 15) is 0 Å². The van der Waals surface area contributed by atoms with Gasteiger partial charge in [0.25, 0.3) is 0 Å². The Labute approximate surface area is 140 Å². The normalized spacial score (nSPS) is 31.6. The van der Waals surface area contributed by atoms with Crippen LogP contribution in [0.15, 0.2) is 24.3 Å². The summed E-state index contributed by atoms with van der Waals surface area (Å²) in [5.41, 5.74) is 1.74. The molecule has 1 spiro atoms. The predicted molar refractivity (Wildman–Crippen MR) is 93.0 cm³/mol. The van der Waals surface area contributed by atoms with Crippen LogP contribution in [0, 0.1) is 5.92 Å². The lowest BCUT2D eigenvalue weighted by atomic mass is 9.77. The van der Waals surface area contributed by atoms with Gasteiger partial charge in [-0.15, -0.1) is 0 Å². The molecule has 1 saturated heterocycles. The van der Waals surface area contributed by atoms with Crippen LogP contribution in [0.1, 0.15) is 76.2 Å². The molecule has 0 amide bonds. The van der Waals surface area contributed by atoms with Gasteiger partial charge < -0.3 is 9.47 Å². The fraction of sp³-hybridized carbons (Fsp3) is 0.714. The Bertz CT molecular complexity index is 509. The largest absolute Gasteiger partial charge is 0.491 e. The summed E-state index contributed by atoms with van der Waals surface area (Å²) in [5.74, 6) is 2.75. The molecule has 1 heterocycles. The van der Waals surface area contributed by atoms with Crippen LogP contribution in [0.5, 0.6) is 5.75 Å². The van der Waals surface area contributed by atoms with Crippen molar-refractivity contribution < 1.29 is 9.47 Å². The predicted octanol–water partition coefficient (Wildman–Crippen LogP) is 5.46. The zero-order valence-corrected chi connectivity index (χ0v) is 14.4. The maximum absolute atomic E-state index is 5.93. The standard InChI is InChI=1S/C21H30O2/c1-2-4-16-5-7-17(8-6-16)18-9-11-19(12-10-18)22-15-20-21(23-20)13-3-14-21/h9-12,16-17,20H,2-8,13-15H2,1H3/t16?,17?,20-/m0/s1. The smallest absolute Gasteiger partial charge is 0.121 e. The lowest BCUT2D eigenvalue weighted by Gasteiger charge is -2.28. The quantitative estimate of drug-likeness (QED) is 0.650. The van der Waals surface area contributed by atoms with Gasteiger partial charge in [-0.2, -0.15) is 0 Å². The van der Waals surface area contributed by atoms with E-state index in [1.807, 2.05) is 0 Å². The molecular weight excluding hydrogens is 284 g/mol. The highest BCUT2D eigenvalue weighted by molar-refractivity contribution is 5.30. The molecule has 2 saturated carbocycles. The maximum atomic E-state index is 5.93. The Balaban J connectivity index is 1.25. The van der Waals surface area contributed by atoms with E-state index in [2.05, 4.69) is 31.2 Å². The van der Waals surface area contributed by atoms with Crippen molar-refractivity contribution in [2.75, 3.05) is 6.61 Å². The molecule has 1 atom stereocenters. The van der Waals surface area contributed by atoms with Crippen molar-refractivity contribution in [3.63, 3.8) is 0 Å². The lowest BCUT2D eigenvalue weighted by Crippen LogP contribution is -2.27. The molecule has 2 aliphatic carbocycles. The molecule has 1 aromatic carbocycles. The number of ether oxygens (including phenoxy) is 2. The summed E-state index contributed by atoms with van der Waals surface area (Å²) in [5, 5.41) is 0. The first kappa shape index (κ1) is 15.5. The third-order valence-corrected chi connectivity index (χ3v) is 6.40. The Kier molecular flexibility index (Phi) is 4.36. The first-order chi connectivity index (χ1) is 11.3. The Morgan fingerprint density at radius 3 is 2.39 bits per heavy atom. The van der Waals surface area contributed by atoms with Crippen LogP contribution in [0.2, 0.25) is 0 Å². The second kappa shape index (κ2) is 6.47. The van der Waals surface area contributed by atoms with Gasteiger partial charge in [0.2, 0.25) is 0 Å². The highest BCUT2D eigenvalue weighted by Crippen LogP contribution is 2.52. The van der Waals surface area contributed by atoms with E-state index in [-0.39, 0.29) is 5.60 Å². The first-order valence-corrected chi connectivity index (χ1v) is 9.70. The van der Waals surface area contributed by atoms with E-state index in [4.69, 9.17) is 9.47 Å². The molecule has 0 radical (unpaired) electrons. The first-order valence-electron chi connectivity index (χ1n) is 9.70. The van der Waals surface area contributed by atoms with Gasteiger partial charge in [0.1, 0.15) is 18.5 Å². The van der Waals surface area contributed by atoms with E-state index in [1.54, 1.807) is 0 Å². The van der Waals surface area contributed by atoms with Crippen LogP contribution in [0.3, 0.4) is 0 Å². The minimum absolute atomic E-state index is 0.233. The molecule has 126 valence electrons. The van der Waals surface area contributed by atoms with Crippen molar-refractivity contribution in [3.05, 3.63) is 29.8 Å². The van der Waals surface area contributed by atoms with Gasteiger partial charge in [0.05, 0.1) is 5.60 Å². The molecule has 2 nitrogen and oxygen atoms in total. The van der Waals surface area contributed by atoms with E-state index < -0.39 is 0 Å². The van der Waals surface area contributed by atoms with Gasteiger partial charge in [-0.1, -0.05) is 31.9 Å². The minimum Gasteiger partial charge on any atom is -0.491 e. The molecule has 0 bridgehead atoms. The summed E-state index contributed by atoms with van der Waals surface area (Å²) in [4.78, 5) is 0. The molecule has 1 aliphatic heterocycles. The number of rotatable bonds is 6. The van der Waals surface area contributed by atoms with Gasteiger partial charge in [0, 0.05) is 0 Å². The average Bonchev–Trinajstić information content (AvgIpc) is 3.30. The third kappa shape index (κ3) is 3.28. The summed E-state index contributed by atoms with van der Waals surface area (Å²) < 4.78 is 11.7. The highest BCUT2D eigenvalue weighted by Gasteiger charge is 2.60. The average molecular weight is 314 g/mol. The summed E-state index contributed by atoms with van der Waals surface area (Å²) >= 11 is 0. The van der Waals surface area contributed by atoms with Gasteiger partial charge in [0.15, 0.2) is 0 Å². The third-order valence-electron chi connectivity index (χ3n) is 6.40. The van der Waals surface area contributed by atoms with Crippen LogP contribution < -0.4 is 4.74 Å². The molecule has 0 N–H and O–H groups in total. The molecule has 0 unspecified atom stereocenters. The van der Waals surface area contributed by atoms with Crippen molar-refractivity contribution in [1.29, 1.82) is 0 Å². The maximum Gasteiger partial charge on any atom is 0.121 e. The summed E-state index contributed by atoms with van der Waals surface area (Å²) in [6, 6.07) is 8.88. The zero-order chi connectivity index (χ0) is 15.7. The van der Waals surface area contributed by atoms with Gasteiger partial charge in [-0.3, -0.25) is 0 Å². The van der Waals surface area contributed by atoms with Crippen molar-refractivity contribution >= 4 is 0 Å². The molecule has 1 aromatic rings. The Hall–Kier alpha value is -1.02. The van der Waals surface area contributed by atoms with E-state index in [0.717, 1.165) is 24.2 Å². The SMILES string of the molecule is CCCC1CCC(c2ccc(OC[C@@H]3OC34CCC4)cc2)CC1. The minimum atomic E-state index is 0.233. The van der Waals surface area contributed by atoms with Crippen molar-refractivity contribution in [3.8, 4) is 5.75 Å². The van der Waals surface area contributed by atoms with Crippen LogP contribution >= 0.6 is 0 Å². The number of epoxide rings is 1. The monoisotopic (exact) mass is 314 g/mol. The number of hydrogen-bond acceptors (Lipinski definition) is 2. The Morgan fingerprint density at radius 1 is 1.09 bits per heavy atom. The molecule has 0 aromatic heterocycles. The van der Waals surface area contributed by atoms with Crippen molar-refractivity contribution in [2.24, 2.45) is 5.92 Å². The number of hydrogen-bond donors (Lipinski definition) is 0. The van der Waals surface area contributed by atoms with Crippen LogP contribution in [0.4, 0.5) is 0 Å². The summed E-state index contributed by atoms with van der Waals surface area (Å²) in [7, 11) is 0. The van der Waals surface area contributed by atoms with Crippen molar-refractivity contribution in [1.82, 2.24) is 0 Å². The molecule has 2 heteroatoms. The fourth-order valence-corrected chi connectivity index (χ4v) is 4.60. The van der Waals surface area contributed by atoms with Gasteiger partial charge in [-0.25, -0.2) is 0 Å². The zero-order valence-electron chi connectivity index (χ0n) is 14.4. The molecule has 3 fully saturated rings. The number of benzene rings is 1. The van der Waals surface area contributed by atoms with E-state index in [0.29, 0.717) is 6.10 Å². The van der Waals surface area contributed by atoms with E-state index in [1.165, 1.54) is 63.4 Å². The van der Waals surface area contributed by atoms with Crippen molar-refractivity contribution in [2.45, 2.75) is 82.3 Å². The fourth-order valence-electron chi connectivity index (χ4n) is 4.60. The molecule has 3 aliphatic rings. The lowest BCUT2D eigenvalue weighted by molar-refractivity contribution is 0.194. The Morgan fingerprint density at radius 2 is 1.83 bits per heavy atom. The van der Waals surface area contributed by atoms with Gasteiger partial charge >= 0.3 is 0 Å². The van der Waals surface area contributed by atoms with Crippen LogP contribution in [0.25, 0.3) is 0 Å². The topological polar surface area (TPSA) is 21.8 Å². The molecular formula is C21H30O2.